The van der Waals surface area contributed by atoms with E-state index in [9.17, 15) is 14.7 Å². The number of aliphatic carboxylic acids is 1. The number of carbonyl (C=O) groups excluding carboxylic acids is 1. The molecule has 1 heterocycles. The highest BCUT2D eigenvalue weighted by Gasteiger charge is 2.39. The van der Waals surface area contributed by atoms with E-state index in [2.05, 4.69) is 0 Å². The van der Waals surface area contributed by atoms with Crippen molar-refractivity contribution in [3.05, 3.63) is 101 Å². The van der Waals surface area contributed by atoms with Gasteiger partial charge in [0.15, 0.2) is 0 Å². The van der Waals surface area contributed by atoms with Crippen LogP contribution in [-0.4, -0.2) is 41.1 Å². The Morgan fingerprint density at radius 3 is 2.13 bits per heavy atom. The summed E-state index contributed by atoms with van der Waals surface area (Å²) in [6.07, 6.45) is 6.15. The van der Waals surface area contributed by atoms with Gasteiger partial charge in [0.25, 0.3) is 0 Å². The smallest absolute Gasteiger partial charge is 0.326 e. The molecule has 1 saturated carbocycles. The summed E-state index contributed by atoms with van der Waals surface area (Å²) in [5.41, 5.74) is 4.45. The van der Waals surface area contributed by atoms with E-state index in [4.69, 9.17) is 9.47 Å². The lowest BCUT2D eigenvalue weighted by Gasteiger charge is -2.38. The van der Waals surface area contributed by atoms with Gasteiger partial charge in [0.05, 0.1) is 25.7 Å². The minimum Gasteiger partial charge on any atom is -0.496 e. The summed E-state index contributed by atoms with van der Waals surface area (Å²) in [4.78, 5) is 28.3. The van der Waals surface area contributed by atoms with Gasteiger partial charge in [-0.25, -0.2) is 4.79 Å². The van der Waals surface area contributed by atoms with E-state index < -0.39 is 17.9 Å². The molecule has 6 nitrogen and oxygen atoms in total. The van der Waals surface area contributed by atoms with E-state index in [1.807, 2.05) is 72.8 Å². The van der Waals surface area contributed by atoms with Crippen LogP contribution in [0.15, 0.2) is 72.8 Å². The van der Waals surface area contributed by atoms with Crippen LogP contribution in [0.4, 0.5) is 0 Å². The zero-order chi connectivity index (χ0) is 26.5. The number of carboxylic acid groups (broad SMARTS) is 1. The van der Waals surface area contributed by atoms with Crippen LogP contribution >= 0.6 is 0 Å². The molecule has 1 amide bonds. The van der Waals surface area contributed by atoms with Crippen LogP contribution in [-0.2, 0) is 33.9 Å². The monoisotopic (exact) mass is 513 g/mol. The largest absolute Gasteiger partial charge is 0.496 e. The number of benzene rings is 3. The van der Waals surface area contributed by atoms with Gasteiger partial charge in [-0.2, -0.15) is 0 Å². The molecule has 5 rings (SSSR count). The van der Waals surface area contributed by atoms with Gasteiger partial charge < -0.3 is 19.5 Å². The number of hydrogen-bond acceptors (Lipinski definition) is 4. The molecule has 0 spiro atoms. The van der Waals surface area contributed by atoms with Crippen molar-refractivity contribution in [2.24, 2.45) is 0 Å². The van der Waals surface area contributed by atoms with E-state index in [1.165, 1.54) is 24.2 Å². The van der Waals surface area contributed by atoms with E-state index in [1.54, 1.807) is 7.11 Å². The lowest BCUT2D eigenvalue weighted by atomic mass is 9.85. The van der Waals surface area contributed by atoms with Crippen LogP contribution in [0.25, 0.3) is 0 Å². The summed E-state index contributed by atoms with van der Waals surface area (Å²) in [7, 11) is 1.63. The third-order valence-corrected chi connectivity index (χ3v) is 7.92. The second-order valence-corrected chi connectivity index (χ2v) is 10.2. The van der Waals surface area contributed by atoms with E-state index in [-0.39, 0.29) is 25.0 Å². The number of nitrogens with zero attached hydrogens (tertiary/aromatic N) is 1. The van der Waals surface area contributed by atoms with Gasteiger partial charge in [-0.1, -0.05) is 86.0 Å². The average Bonchev–Trinajstić information content (AvgIpc) is 2.96. The van der Waals surface area contributed by atoms with Gasteiger partial charge >= 0.3 is 5.97 Å². The molecule has 1 atom stereocenters. The summed E-state index contributed by atoms with van der Waals surface area (Å²) in [6, 6.07) is 22.0. The predicted octanol–water partition coefficient (Wildman–Crippen LogP) is 5.71. The highest BCUT2D eigenvalue weighted by Crippen LogP contribution is 2.36. The van der Waals surface area contributed by atoms with E-state index in [0.717, 1.165) is 40.7 Å². The highest BCUT2D eigenvalue weighted by atomic mass is 16.5. The molecule has 6 heteroatoms. The maximum atomic E-state index is 14.2. The Hall–Kier alpha value is -3.64. The Morgan fingerprint density at radius 2 is 1.55 bits per heavy atom. The van der Waals surface area contributed by atoms with E-state index in [0.29, 0.717) is 12.4 Å². The summed E-state index contributed by atoms with van der Waals surface area (Å²) in [5.74, 6) is -1.11. The topological polar surface area (TPSA) is 76.1 Å². The summed E-state index contributed by atoms with van der Waals surface area (Å²) in [5, 5.41) is 10.3. The number of methoxy groups -OCH3 is 1. The van der Waals surface area contributed by atoms with Crippen LogP contribution in [0.2, 0.25) is 0 Å². The molecule has 1 fully saturated rings. The standard InChI is InChI=1S/C32H35NO5/c1-37-29-18-17-24-20-33(31(34)30(22-11-5-2-6-12-22)23-13-7-3-8-14-23)28(32(35)36)19-26(24)27(29)21-38-25-15-9-4-10-16-25/h2-3,5-8,11-14,17-18,25,28,30H,4,9-10,15-16,19-21H2,1H3,(H,35,36). The van der Waals surface area contributed by atoms with Crippen LogP contribution in [0.1, 0.15) is 65.8 Å². The van der Waals surface area contributed by atoms with Crippen molar-refractivity contribution in [2.75, 3.05) is 7.11 Å². The van der Waals surface area contributed by atoms with Crippen molar-refractivity contribution in [1.82, 2.24) is 4.90 Å². The van der Waals surface area contributed by atoms with Crippen molar-refractivity contribution in [3.63, 3.8) is 0 Å². The first-order valence-electron chi connectivity index (χ1n) is 13.5. The summed E-state index contributed by atoms with van der Waals surface area (Å²) in [6.45, 7) is 0.607. The minimum absolute atomic E-state index is 0.212. The van der Waals surface area contributed by atoms with Crippen molar-refractivity contribution >= 4 is 11.9 Å². The molecule has 0 saturated heterocycles. The quantitative estimate of drug-likeness (QED) is 0.417. The Kier molecular flexibility index (Phi) is 8.08. The maximum Gasteiger partial charge on any atom is 0.326 e. The van der Waals surface area contributed by atoms with Crippen LogP contribution in [0, 0.1) is 0 Å². The first-order chi connectivity index (χ1) is 18.6. The van der Waals surface area contributed by atoms with Gasteiger partial charge in [-0.05, 0) is 41.2 Å². The number of ether oxygens (including phenoxy) is 2. The third kappa shape index (κ3) is 5.46. The molecule has 0 aromatic heterocycles. The molecule has 38 heavy (non-hydrogen) atoms. The number of rotatable bonds is 8. The number of carbonyl (C=O) groups is 2. The fraction of sp³-hybridized carbons (Fsp3) is 0.375. The van der Waals surface area contributed by atoms with Crippen molar-refractivity contribution in [1.29, 1.82) is 0 Å². The van der Waals surface area contributed by atoms with Gasteiger partial charge in [-0.15, -0.1) is 0 Å². The van der Waals surface area contributed by atoms with E-state index >= 15 is 0 Å². The van der Waals surface area contributed by atoms with Crippen molar-refractivity contribution in [2.45, 2.75) is 69.7 Å². The average molecular weight is 514 g/mol. The number of amides is 1. The molecule has 0 bridgehead atoms. The SMILES string of the molecule is COc1ccc2c(c1COC1CCCCC1)CC(C(=O)O)N(C(=O)C(c1ccccc1)c1ccccc1)C2. The normalized spacial score (nSPS) is 17.7. The molecule has 3 aromatic rings. The van der Waals surface area contributed by atoms with Gasteiger partial charge in [0, 0.05) is 18.5 Å². The second-order valence-electron chi connectivity index (χ2n) is 10.2. The molecule has 1 N–H and O–H groups in total. The zero-order valence-electron chi connectivity index (χ0n) is 21.8. The molecule has 1 unspecified atom stereocenters. The van der Waals surface area contributed by atoms with Crippen LogP contribution in [0.5, 0.6) is 5.75 Å². The molecular formula is C32H35NO5. The predicted molar refractivity (Wildman–Crippen MR) is 145 cm³/mol. The Bertz CT molecular complexity index is 1210. The third-order valence-electron chi connectivity index (χ3n) is 7.92. The highest BCUT2D eigenvalue weighted by molar-refractivity contribution is 5.91. The maximum absolute atomic E-state index is 14.2. The lowest BCUT2D eigenvalue weighted by Crippen LogP contribution is -2.50. The molecule has 3 aromatic carbocycles. The Morgan fingerprint density at radius 1 is 0.921 bits per heavy atom. The number of fused-ring (bicyclic) bond motifs is 1. The van der Waals surface area contributed by atoms with Crippen LogP contribution in [0.3, 0.4) is 0 Å². The van der Waals surface area contributed by atoms with Gasteiger partial charge in [0.1, 0.15) is 11.8 Å². The molecule has 2 aliphatic rings. The second kappa shape index (κ2) is 11.8. The molecule has 1 aliphatic carbocycles. The molecule has 1 aliphatic heterocycles. The van der Waals surface area contributed by atoms with Crippen LogP contribution < -0.4 is 4.74 Å². The summed E-state index contributed by atoms with van der Waals surface area (Å²) >= 11 is 0. The minimum atomic E-state index is -1.01. The Labute approximate surface area is 224 Å². The molecular weight excluding hydrogens is 478 g/mol. The zero-order valence-corrected chi connectivity index (χ0v) is 21.8. The first-order valence-corrected chi connectivity index (χ1v) is 13.5. The Balaban J connectivity index is 1.48. The number of hydrogen-bond donors (Lipinski definition) is 1. The summed E-state index contributed by atoms with van der Waals surface area (Å²) < 4.78 is 12.0. The fourth-order valence-electron chi connectivity index (χ4n) is 5.89. The first kappa shape index (κ1) is 26.0. The van der Waals surface area contributed by atoms with Gasteiger partial charge in [-0.3, -0.25) is 4.79 Å². The van der Waals surface area contributed by atoms with Crippen molar-refractivity contribution in [3.8, 4) is 5.75 Å². The molecule has 0 radical (unpaired) electrons. The van der Waals surface area contributed by atoms with Gasteiger partial charge in [0.2, 0.25) is 5.91 Å². The fourth-order valence-corrected chi connectivity index (χ4v) is 5.89. The number of carboxylic acids is 1. The van der Waals surface area contributed by atoms with Crippen molar-refractivity contribution < 1.29 is 24.2 Å². The molecule has 198 valence electrons. The lowest BCUT2D eigenvalue weighted by molar-refractivity contribution is -0.151.